The van der Waals surface area contributed by atoms with Crippen LogP contribution >= 0.6 is 0 Å². The van der Waals surface area contributed by atoms with Gasteiger partial charge in [-0.15, -0.1) is 0 Å². The average molecular weight is 387 g/mol. The minimum Gasteiger partial charge on any atom is -0.454 e. The summed E-state index contributed by atoms with van der Waals surface area (Å²) in [7, 11) is 0. The molecule has 2 atom stereocenters. The van der Waals surface area contributed by atoms with Gasteiger partial charge in [-0.3, -0.25) is 0 Å². The number of fused-ring (bicyclic) bond motifs is 1. The fourth-order valence-electron chi connectivity index (χ4n) is 4.47. The molecule has 1 N–H and O–H groups in total. The molecule has 1 aromatic rings. The Morgan fingerprint density at radius 2 is 1.89 bits per heavy atom. The van der Waals surface area contributed by atoms with Crippen LogP contribution in [-0.4, -0.2) is 24.4 Å². The van der Waals surface area contributed by atoms with Crippen molar-refractivity contribution in [1.29, 1.82) is 0 Å². The van der Waals surface area contributed by atoms with Crippen molar-refractivity contribution in [3.63, 3.8) is 0 Å². The molecule has 2 unspecified atom stereocenters. The van der Waals surface area contributed by atoms with E-state index in [0.717, 1.165) is 30.9 Å². The van der Waals surface area contributed by atoms with Crippen LogP contribution in [0.4, 0.5) is 0 Å². The molecule has 0 radical (unpaired) electrons. The molecule has 4 nitrogen and oxygen atoms in total. The summed E-state index contributed by atoms with van der Waals surface area (Å²) in [6.07, 6.45) is 13.5. The second kappa shape index (κ2) is 10.8. The second-order valence-corrected chi connectivity index (χ2v) is 8.32. The quantitative estimate of drug-likeness (QED) is 0.490. The maximum Gasteiger partial charge on any atom is 0.231 e. The Balaban J connectivity index is 1.64. The highest BCUT2D eigenvalue weighted by molar-refractivity contribution is 5.44. The largest absolute Gasteiger partial charge is 0.454 e. The molecule has 2 aliphatic rings. The highest BCUT2D eigenvalue weighted by Crippen LogP contribution is 2.34. The number of unbranched alkanes of at least 4 members (excludes halogenated alkanes) is 1. The molecule has 3 rings (SSSR count). The lowest BCUT2D eigenvalue weighted by atomic mass is 9.87. The van der Waals surface area contributed by atoms with Gasteiger partial charge in [-0.2, -0.15) is 0 Å². The van der Waals surface area contributed by atoms with Gasteiger partial charge >= 0.3 is 0 Å². The van der Waals surface area contributed by atoms with Crippen LogP contribution < -0.4 is 14.9 Å². The van der Waals surface area contributed by atoms with Crippen molar-refractivity contribution >= 4 is 0 Å². The first-order valence-electron chi connectivity index (χ1n) is 11.3. The minimum atomic E-state index is 0.352. The highest BCUT2D eigenvalue weighted by atomic mass is 16.7. The molecule has 0 amide bonds. The molecule has 0 spiro atoms. The fraction of sp³-hybridized carbons (Fsp3) is 0.667. The van der Waals surface area contributed by atoms with Crippen molar-refractivity contribution in [2.45, 2.75) is 84.6 Å². The Hall–Kier alpha value is -1.68. The van der Waals surface area contributed by atoms with Gasteiger partial charge in [0.05, 0.1) is 0 Å². The first kappa shape index (κ1) is 21.0. The predicted octanol–water partition coefficient (Wildman–Crippen LogP) is 5.83. The van der Waals surface area contributed by atoms with Gasteiger partial charge < -0.3 is 14.9 Å². The first-order valence-corrected chi connectivity index (χ1v) is 11.3. The zero-order chi connectivity index (χ0) is 19.8. The molecule has 28 heavy (non-hydrogen) atoms. The Kier molecular flexibility index (Phi) is 8.08. The Bertz CT molecular complexity index is 643. The van der Waals surface area contributed by atoms with E-state index in [-0.39, 0.29) is 0 Å². The molecule has 1 aromatic carbocycles. The van der Waals surface area contributed by atoms with Crippen molar-refractivity contribution in [3.8, 4) is 11.5 Å². The topological polar surface area (TPSA) is 33.7 Å². The zero-order valence-corrected chi connectivity index (χ0v) is 18.0. The summed E-state index contributed by atoms with van der Waals surface area (Å²) in [6.45, 7) is 8.25. The average Bonchev–Trinajstić information content (AvgIpc) is 3.35. The van der Waals surface area contributed by atoms with Crippen molar-refractivity contribution < 1.29 is 9.47 Å². The lowest BCUT2D eigenvalue weighted by molar-refractivity contribution is 0.138. The normalized spacial score (nSPS) is 18.0. The van der Waals surface area contributed by atoms with Crippen LogP contribution in [0.5, 0.6) is 11.5 Å². The zero-order valence-electron chi connectivity index (χ0n) is 18.0. The maximum absolute atomic E-state index is 5.59. The van der Waals surface area contributed by atoms with Crippen LogP contribution in [0, 0.1) is 5.92 Å². The molecule has 0 saturated heterocycles. The van der Waals surface area contributed by atoms with E-state index in [1.54, 1.807) is 0 Å². The van der Waals surface area contributed by atoms with E-state index in [1.165, 1.54) is 56.2 Å². The van der Waals surface area contributed by atoms with Gasteiger partial charge in [0.1, 0.15) is 0 Å². The molecular weight excluding hydrogens is 348 g/mol. The summed E-state index contributed by atoms with van der Waals surface area (Å²) in [5, 5.41) is 2.49. The minimum absolute atomic E-state index is 0.352. The molecule has 2 heterocycles. The highest BCUT2D eigenvalue weighted by Gasteiger charge is 2.25. The van der Waals surface area contributed by atoms with Crippen LogP contribution in [0.15, 0.2) is 30.0 Å². The van der Waals surface area contributed by atoms with E-state index in [9.17, 15) is 0 Å². The molecule has 0 bridgehead atoms. The molecule has 156 valence electrons. The summed E-state index contributed by atoms with van der Waals surface area (Å²) in [4.78, 5) is 0. The molecule has 0 aromatic heterocycles. The van der Waals surface area contributed by atoms with E-state index in [0.29, 0.717) is 18.8 Å². The monoisotopic (exact) mass is 386 g/mol. The van der Waals surface area contributed by atoms with Gasteiger partial charge in [0.15, 0.2) is 11.5 Å². The van der Waals surface area contributed by atoms with E-state index < -0.39 is 0 Å². The summed E-state index contributed by atoms with van der Waals surface area (Å²) < 4.78 is 11.1. The van der Waals surface area contributed by atoms with Crippen LogP contribution in [0.2, 0.25) is 0 Å². The molecular formula is C24H38N2O2. The molecule has 0 fully saturated rings. The van der Waals surface area contributed by atoms with E-state index in [2.05, 4.69) is 55.5 Å². The summed E-state index contributed by atoms with van der Waals surface area (Å²) in [5.41, 5.74) is 6.48. The third-order valence-electron chi connectivity index (χ3n) is 5.94. The van der Waals surface area contributed by atoms with E-state index in [1.807, 2.05) is 0 Å². The van der Waals surface area contributed by atoms with Gasteiger partial charge in [-0.25, -0.2) is 5.01 Å². The van der Waals surface area contributed by atoms with Crippen molar-refractivity contribution in [2.75, 3.05) is 13.3 Å². The Morgan fingerprint density at radius 1 is 1.04 bits per heavy atom. The smallest absolute Gasteiger partial charge is 0.231 e. The number of hydrogen-bond donors (Lipinski definition) is 1. The first-order chi connectivity index (χ1) is 13.7. The van der Waals surface area contributed by atoms with Gasteiger partial charge in [-0.1, -0.05) is 58.9 Å². The fourth-order valence-corrected chi connectivity index (χ4v) is 4.47. The number of benzene rings is 1. The Labute approximate surface area is 171 Å². The summed E-state index contributed by atoms with van der Waals surface area (Å²) in [6, 6.07) is 7.08. The second-order valence-electron chi connectivity index (χ2n) is 8.32. The van der Waals surface area contributed by atoms with Crippen molar-refractivity contribution in [2.24, 2.45) is 5.92 Å². The predicted molar refractivity (Wildman–Crippen MR) is 115 cm³/mol. The van der Waals surface area contributed by atoms with Gasteiger partial charge in [-0.05, 0) is 55.4 Å². The van der Waals surface area contributed by atoms with E-state index >= 15 is 0 Å². The number of ether oxygens (including phenoxy) is 2. The van der Waals surface area contributed by atoms with Gasteiger partial charge in [0.25, 0.3) is 0 Å². The summed E-state index contributed by atoms with van der Waals surface area (Å²) >= 11 is 0. The molecule has 4 heteroatoms. The SMILES string of the molecule is CCCCC(Cc1ccc2c(c1)OCO2)CC(CCC)N1CC=C(CCC)N1. The molecule has 0 aliphatic carbocycles. The molecule has 2 aliphatic heterocycles. The standard InChI is InChI=1S/C24H38N2O2/c1-4-7-10-19(15-20-11-12-23-24(17-20)28-18-27-23)16-22(9-6-3)26-14-13-21(25-26)8-5-2/h11-13,17,19,22,25H,4-10,14-16,18H2,1-3H3. The number of hydrazine groups is 1. The maximum atomic E-state index is 5.59. The van der Waals surface area contributed by atoms with Gasteiger partial charge in [0, 0.05) is 18.3 Å². The number of nitrogens with one attached hydrogen (secondary N) is 1. The molecule has 0 saturated carbocycles. The van der Waals surface area contributed by atoms with Gasteiger partial charge in [0.2, 0.25) is 6.79 Å². The lowest BCUT2D eigenvalue weighted by Gasteiger charge is -2.32. The number of allylic oxidation sites excluding steroid dienone is 1. The van der Waals surface area contributed by atoms with Crippen LogP contribution in [0.1, 0.15) is 77.7 Å². The van der Waals surface area contributed by atoms with Crippen molar-refractivity contribution in [1.82, 2.24) is 10.4 Å². The van der Waals surface area contributed by atoms with Crippen LogP contribution in [-0.2, 0) is 6.42 Å². The summed E-state index contributed by atoms with van der Waals surface area (Å²) in [5.74, 6) is 2.49. The lowest BCUT2D eigenvalue weighted by Crippen LogP contribution is -2.42. The number of hydrogen-bond acceptors (Lipinski definition) is 4. The number of rotatable bonds is 12. The number of nitrogens with zero attached hydrogens (tertiary/aromatic N) is 1. The van der Waals surface area contributed by atoms with E-state index in [4.69, 9.17) is 9.47 Å². The third-order valence-corrected chi connectivity index (χ3v) is 5.94. The Morgan fingerprint density at radius 3 is 2.68 bits per heavy atom. The third kappa shape index (κ3) is 5.66. The van der Waals surface area contributed by atoms with Crippen LogP contribution in [0.3, 0.4) is 0 Å². The van der Waals surface area contributed by atoms with Crippen LogP contribution in [0.25, 0.3) is 0 Å². The van der Waals surface area contributed by atoms with Crippen molar-refractivity contribution in [3.05, 3.63) is 35.5 Å².